The maximum absolute atomic E-state index is 8.80. The summed E-state index contributed by atoms with van der Waals surface area (Å²) in [5, 5.41) is 11.4. The van der Waals surface area contributed by atoms with Crippen LogP contribution in [0.15, 0.2) is 30.6 Å². The first-order valence-corrected chi connectivity index (χ1v) is 8.72. The van der Waals surface area contributed by atoms with Gasteiger partial charge in [-0.25, -0.2) is 4.98 Å². The van der Waals surface area contributed by atoms with E-state index in [-0.39, 0.29) is 5.92 Å². The van der Waals surface area contributed by atoms with Gasteiger partial charge in [0, 0.05) is 18.9 Å². The van der Waals surface area contributed by atoms with Crippen molar-refractivity contribution in [2.45, 2.75) is 51.2 Å². The molecule has 0 saturated heterocycles. The molecule has 0 bridgehead atoms. The van der Waals surface area contributed by atoms with Gasteiger partial charge < -0.3 is 14.0 Å². The van der Waals surface area contributed by atoms with Gasteiger partial charge in [-0.3, -0.25) is 5.32 Å². The van der Waals surface area contributed by atoms with Gasteiger partial charge in [0.25, 0.3) is 0 Å². The molecular weight excluding hydrogens is 316 g/mol. The second-order valence-corrected chi connectivity index (χ2v) is 6.48. The summed E-state index contributed by atoms with van der Waals surface area (Å²) < 4.78 is 13.6. The number of imidazole rings is 1. The smallest absolute Gasteiger partial charge is 0.216 e. The number of aromatic nitrogens is 2. The van der Waals surface area contributed by atoms with Gasteiger partial charge in [0.1, 0.15) is 0 Å². The van der Waals surface area contributed by atoms with Crippen molar-refractivity contribution in [2.75, 3.05) is 12.4 Å². The Balaban J connectivity index is 1.76. The molecule has 0 radical (unpaired) electrons. The standard InChI is InChI=1S/C19H24N4O2/c1-14(12-23-10-9-21-19(23)22-13-20)15-7-8-17(24-2)18(11-15)25-16-5-3-4-6-16/h7-11,14,16H,3-6,12H2,1-2H3,(H,21,22). The van der Waals surface area contributed by atoms with Crippen LogP contribution in [0.2, 0.25) is 0 Å². The number of hydrogen-bond acceptors (Lipinski definition) is 5. The first kappa shape index (κ1) is 17.2. The molecule has 25 heavy (non-hydrogen) atoms. The van der Waals surface area contributed by atoms with Gasteiger partial charge in [-0.05, 0) is 49.3 Å². The maximum atomic E-state index is 8.80. The van der Waals surface area contributed by atoms with Crippen LogP contribution in [0, 0.1) is 11.5 Å². The van der Waals surface area contributed by atoms with E-state index in [1.54, 1.807) is 13.3 Å². The van der Waals surface area contributed by atoms with E-state index >= 15 is 0 Å². The van der Waals surface area contributed by atoms with Gasteiger partial charge in [-0.15, -0.1) is 0 Å². The van der Waals surface area contributed by atoms with Crippen LogP contribution in [0.3, 0.4) is 0 Å². The molecular formula is C19H24N4O2. The summed E-state index contributed by atoms with van der Waals surface area (Å²) in [5.41, 5.74) is 1.17. The zero-order valence-corrected chi connectivity index (χ0v) is 14.7. The van der Waals surface area contributed by atoms with Crippen molar-refractivity contribution in [1.82, 2.24) is 9.55 Å². The molecule has 1 N–H and O–H groups in total. The summed E-state index contributed by atoms with van der Waals surface area (Å²) in [6.07, 6.45) is 10.5. The molecule has 0 aliphatic heterocycles. The van der Waals surface area contributed by atoms with Crippen LogP contribution in [-0.4, -0.2) is 22.8 Å². The van der Waals surface area contributed by atoms with Crippen LogP contribution in [0.5, 0.6) is 11.5 Å². The Bertz CT molecular complexity index is 744. The number of rotatable bonds is 7. The molecule has 2 aromatic rings. The number of nitrogens with one attached hydrogen (secondary N) is 1. The molecule has 0 amide bonds. The first-order valence-electron chi connectivity index (χ1n) is 8.72. The minimum Gasteiger partial charge on any atom is -0.493 e. The zero-order valence-electron chi connectivity index (χ0n) is 14.7. The second kappa shape index (κ2) is 7.93. The van der Waals surface area contributed by atoms with Crippen molar-refractivity contribution in [3.63, 3.8) is 0 Å². The van der Waals surface area contributed by atoms with Gasteiger partial charge >= 0.3 is 0 Å². The molecule has 1 fully saturated rings. The summed E-state index contributed by atoms with van der Waals surface area (Å²) in [6.45, 7) is 2.87. The monoisotopic (exact) mass is 340 g/mol. The number of hydrogen-bond donors (Lipinski definition) is 1. The minimum atomic E-state index is 0.241. The van der Waals surface area contributed by atoms with Crippen LogP contribution in [-0.2, 0) is 6.54 Å². The van der Waals surface area contributed by atoms with Gasteiger partial charge in [-0.1, -0.05) is 13.0 Å². The number of nitrogens with zero attached hydrogens (tertiary/aromatic N) is 3. The lowest BCUT2D eigenvalue weighted by Crippen LogP contribution is -2.13. The maximum Gasteiger partial charge on any atom is 0.216 e. The van der Waals surface area contributed by atoms with E-state index in [1.165, 1.54) is 18.4 Å². The third-order valence-corrected chi connectivity index (χ3v) is 4.71. The summed E-state index contributed by atoms with van der Waals surface area (Å²) in [7, 11) is 1.67. The lowest BCUT2D eigenvalue weighted by molar-refractivity contribution is 0.200. The molecule has 0 spiro atoms. The van der Waals surface area contributed by atoms with Crippen LogP contribution >= 0.6 is 0 Å². The fraction of sp³-hybridized carbons (Fsp3) is 0.474. The predicted molar refractivity (Wildman–Crippen MR) is 95.8 cm³/mol. The van der Waals surface area contributed by atoms with E-state index < -0.39 is 0 Å². The predicted octanol–water partition coefficient (Wildman–Crippen LogP) is 3.91. The summed E-state index contributed by atoms with van der Waals surface area (Å²) in [4.78, 5) is 4.15. The molecule has 1 atom stereocenters. The highest BCUT2D eigenvalue weighted by molar-refractivity contribution is 5.44. The number of methoxy groups -OCH3 is 1. The Kier molecular flexibility index (Phi) is 5.44. The lowest BCUT2D eigenvalue weighted by Gasteiger charge is -2.19. The van der Waals surface area contributed by atoms with Crippen molar-refractivity contribution >= 4 is 5.95 Å². The highest BCUT2D eigenvalue weighted by Crippen LogP contribution is 2.34. The molecule has 1 aliphatic carbocycles. The second-order valence-electron chi connectivity index (χ2n) is 6.48. The van der Waals surface area contributed by atoms with Crippen molar-refractivity contribution in [3.05, 3.63) is 36.2 Å². The third kappa shape index (κ3) is 4.05. The van der Waals surface area contributed by atoms with Crippen LogP contribution in [0.25, 0.3) is 0 Å². The Labute approximate surface area is 148 Å². The number of benzene rings is 1. The van der Waals surface area contributed by atoms with Crippen molar-refractivity contribution in [1.29, 1.82) is 5.26 Å². The average Bonchev–Trinajstić information content (AvgIpc) is 3.28. The molecule has 1 aromatic carbocycles. The van der Waals surface area contributed by atoms with Crippen LogP contribution < -0.4 is 14.8 Å². The Morgan fingerprint density at radius 1 is 1.36 bits per heavy atom. The molecule has 6 nitrogen and oxygen atoms in total. The Morgan fingerprint density at radius 2 is 2.16 bits per heavy atom. The van der Waals surface area contributed by atoms with Gasteiger partial charge in [0.05, 0.1) is 13.2 Å². The highest BCUT2D eigenvalue weighted by Gasteiger charge is 2.19. The molecule has 1 unspecified atom stereocenters. The van der Waals surface area contributed by atoms with E-state index in [4.69, 9.17) is 14.7 Å². The number of nitriles is 1. The SMILES string of the molecule is COc1ccc(C(C)Cn2ccnc2NC#N)cc1OC1CCCC1. The Hall–Kier alpha value is -2.68. The summed E-state index contributed by atoms with van der Waals surface area (Å²) in [6, 6.07) is 6.12. The first-order chi connectivity index (χ1) is 12.2. The third-order valence-electron chi connectivity index (χ3n) is 4.71. The number of ether oxygens (including phenoxy) is 2. The topological polar surface area (TPSA) is 72.1 Å². The van der Waals surface area contributed by atoms with Gasteiger partial charge in [-0.2, -0.15) is 5.26 Å². The molecule has 1 heterocycles. The minimum absolute atomic E-state index is 0.241. The van der Waals surface area contributed by atoms with Gasteiger partial charge in [0.2, 0.25) is 5.95 Å². The van der Waals surface area contributed by atoms with E-state index in [0.29, 0.717) is 12.1 Å². The zero-order chi connectivity index (χ0) is 17.6. The largest absolute Gasteiger partial charge is 0.493 e. The van der Waals surface area contributed by atoms with Crippen LogP contribution in [0.1, 0.15) is 44.1 Å². The molecule has 6 heteroatoms. The molecule has 3 rings (SSSR count). The normalized spacial score (nSPS) is 15.6. The summed E-state index contributed by atoms with van der Waals surface area (Å²) in [5.74, 6) is 2.40. The van der Waals surface area contributed by atoms with Gasteiger partial charge in [0.15, 0.2) is 17.7 Å². The lowest BCUT2D eigenvalue weighted by atomic mass is 10.0. The Morgan fingerprint density at radius 3 is 2.88 bits per heavy atom. The fourth-order valence-corrected chi connectivity index (χ4v) is 3.31. The molecule has 1 aliphatic rings. The quantitative estimate of drug-likeness (QED) is 0.611. The van der Waals surface area contributed by atoms with E-state index in [2.05, 4.69) is 29.4 Å². The average molecular weight is 340 g/mol. The van der Waals surface area contributed by atoms with Crippen molar-refractivity contribution in [2.24, 2.45) is 0 Å². The van der Waals surface area contributed by atoms with E-state index in [0.717, 1.165) is 30.9 Å². The van der Waals surface area contributed by atoms with E-state index in [9.17, 15) is 0 Å². The fourth-order valence-electron chi connectivity index (χ4n) is 3.31. The summed E-state index contributed by atoms with van der Waals surface area (Å²) >= 11 is 0. The van der Waals surface area contributed by atoms with E-state index in [1.807, 2.05) is 23.0 Å². The van der Waals surface area contributed by atoms with Crippen molar-refractivity contribution in [3.8, 4) is 17.7 Å². The molecule has 1 aromatic heterocycles. The van der Waals surface area contributed by atoms with Crippen molar-refractivity contribution < 1.29 is 9.47 Å². The van der Waals surface area contributed by atoms with Crippen LogP contribution in [0.4, 0.5) is 5.95 Å². The highest BCUT2D eigenvalue weighted by atomic mass is 16.5. The molecule has 1 saturated carbocycles. The number of anilines is 1. The molecule has 132 valence electrons.